The van der Waals surface area contributed by atoms with Gasteiger partial charge >= 0.3 is 0 Å². The highest BCUT2D eigenvalue weighted by Crippen LogP contribution is 2.25. The summed E-state index contributed by atoms with van der Waals surface area (Å²) in [5.74, 6) is 0.0765. The number of nitrogens with zero attached hydrogens (tertiary/aromatic N) is 4. The highest BCUT2D eigenvalue weighted by Gasteiger charge is 2.17. The third kappa shape index (κ3) is 3.02. The summed E-state index contributed by atoms with van der Waals surface area (Å²) in [7, 11) is 0. The molecule has 7 heteroatoms. The summed E-state index contributed by atoms with van der Waals surface area (Å²) in [5, 5.41) is 3.15. The molecule has 1 aliphatic heterocycles. The Bertz CT molecular complexity index is 779. The topological polar surface area (TPSA) is 76.3 Å². The van der Waals surface area contributed by atoms with Crippen LogP contribution >= 0.6 is 0 Å². The van der Waals surface area contributed by atoms with Crippen molar-refractivity contribution in [3.63, 3.8) is 0 Å². The molecule has 122 valence electrons. The second kappa shape index (κ2) is 6.55. The molecule has 7 nitrogen and oxygen atoms in total. The van der Waals surface area contributed by atoms with E-state index in [0.717, 1.165) is 18.7 Å². The molecule has 1 aliphatic rings. The highest BCUT2D eigenvalue weighted by molar-refractivity contribution is 5.67. The summed E-state index contributed by atoms with van der Waals surface area (Å²) in [4.78, 5) is 30.4. The van der Waals surface area contributed by atoms with Crippen LogP contribution in [0.2, 0.25) is 0 Å². The number of pyridine rings is 1. The first-order valence-corrected chi connectivity index (χ1v) is 7.78. The largest absolute Gasteiger partial charge is 0.379 e. The fourth-order valence-corrected chi connectivity index (χ4v) is 2.81. The second-order valence-electron chi connectivity index (χ2n) is 6.04. The number of ether oxygens (including phenoxy) is 1. The molecule has 2 aromatic rings. The van der Waals surface area contributed by atoms with E-state index in [9.17, 15) is 9.70 Å². The number of rotatable bonds is 4. The van der Waals surface area contributed by atoms with Gasteiger partial charge in [-0.15, -0.1) is 4.91 Å². The Morgan fingerprint density at radius 3 is 2.74 bits per heavy atom. The second-order valence-corrected chi connectivity index (χ2v) is 6.04. The molecule has 0 radical (unpaired) electrons. The third-order valence-corrected chi connectivity index (χ3v) is 4.17. The molecule has 1 saturated heterocycles. The summed E-state index contributed by atoms with van der Waals surface area (Å²) < 4.78 is 6.74. The average molecular weight is 316 g/mol. The van der Waals surface area contributed by atoms with Crippen LogP contribution in [0.3, 0.4) is 0 Å². The first-order valence-electron chi connectivity index (χ1n) is 7.78. The molecule has 0 atom stereocenters. The predicted molar refractivity (Wildman–Crippen MR) is 87.1 cm³/mol. The van der Waals surface area contributed by atoms with Gasteiger partial charge < -0.3 is 4.74 Å². The van der Waals surface area contributed by atoms with E-state index in [1.54, 1.807) is 18.5 Å². The molecule has 23 heavy (non-hydrogen) atoms. The molecular formula is C16H20N4O3. The minimum Gasteiger partial charge on any atom is -0.379 e. The van der Waals surface area contributed by atoms with Crippen molar-refractivity contribution in [1.82, 2.24) is 14.3 Å². The van der Waals surface area contributed by atoms with Gasteiger partial charge in [0, 0.05) is 43.2 Å². The van der Waals surface area contributed by atoms with Crippen molar-refractivity contribution >= 4 is 11.3 Å². The van der Waals surface area contributed by atoms with Crippen molar-refractivity contribution in [3.05, 3.63) is 44.8 Å². The maximum Gasteiger partial charge on any atom is 0.261 e. The number of aromatic nitrogens is 2. The maximum atomic E-state index is 12.5. The molecular weight excluding hydrogens is 296 g/mol. The van der Waals surface area contributed by atoms with Gasteiger partial charge in [-0.2, -0.15) is 0 Å². The Kier molecular flexibility index (Phi) is 4.49. The van der Waals surface area contributed by atoms with E-state index >= 15 is 0 Å². The molecule has 0 unspecified atom stereocenters. The molecule has 2 aromatic heterocycles. The van der Waals surface area contributed by atoms with E-state index in [1.165, 1.54) is 4.40 Å². The Morgan fingerprint density at radius 1 is 1.35 bits per heavy atom. The molecule has 3 heterocycles. The smallest absolute Gasteiger partial charge is 0.261 e. The van der Waals surface area contributed by atoms with E-state index in [4.69, 9.17) is 4.74 Å². The van der Waals surface area contributed by atoms with Crippen molar-refractivity contribution in [3.8, 4) is 0 Å². The van der Waals surface area contributed by atoms with Crippen molar-refractivity contribution in [2.24, 2.45) is 5.18 Å². The summed E-state index contributed by atoms with van der Waals surface area (Å²) in [6.45, 7) is 7.49. The van der Waals surface area contributed by atoms with Crippen molar-refractivity contribution in [1.29, 1.82) is 0 Å². The van der Waals surface area contributed by atoms with Gasteiger partial charge in [-0.25, -0.2) is 4.98 Å². The van der Waals surface area contributed by atoms with E-state index in [-0.39, 0.29) is 17.2 Å². The van der Waals surface area contributed by atoms with Crippen LogP contribution in [0.25, 0.3) is 5.65 Å². The summed E-state index contributed by atoms with van der Waals surface area (Å²) >= 11 is 0. The van der Waals surface area contributed by atoms with Gasteiger partial charge in [0.05, 0.1) is 13.2 Å². The number of morpholine rings is 1. The molecule has 0 saturated carbocycles. The van der Waals surface area contributed by atoms with Gasteiger partial charge in [0.15, 0.2) is 11.3 Å². The highest BCUT2D eigenvalue weighted by atomic mass is 16.5. The van der Waals surface area contributed by atoms with E-state index < -0.39 is 0 Å². The Labute approximate surface area is 133 Å². The molecule has 0 N–H and O–H groups in total. The molecule has 0 aliphatic carbocycles. The lowest BCUT2D eigenvalue weighted by atomic mass is 10.1. The molecule has 0 bridgehead atoms. The van der Waals surface area contributed by atoms with Crippen LogP contribution in [-0.2, 0) is 11.3 Å². The van der Waals surface area contributed by atoms with Gasteiger partial charge in [0.1, 0.15) is 0 Å². The Hall–Kier alpha value is -2.12. The van der Waals surface area contributed by atoms with Crippen LogP contribution in [0.1, 0.15) is 30.9 Å². The standard InChI is InChI=1S/C16H20N4O3/c1-11(2)13-9-17-15-14(18-22)12(3-4-20(15)16(13)21)10-19-5-7-23-8-6-19/h3-4,9,11H,5-8,10H2,1-2H3. The van der Waals surface area contributed by atoms with Crippen molar-refractivity contribution < 1.29 is 4.74 Å². The first-order chi connectivity index (χ1) is 11.1. The van der Waals surface area contributed by atoms with E-state index in [0.29, 0.717) is 31.0 Å². The van der Waals surface area contributed by atoms with Gasteiger partial charge in [-0.1, -0.05) is 13.8 Å². The van der Waals surface area contributed by atoms with E-state index in [1.807, 2.05) is 13.8 Å². The van der Waals surface area contributed by atoms with Crippen LogP contribution < -0.4 is 5.56 Å². The lowest BCUT2D eigenvalue weighted by Gasteiger charge is -2.26. The minimum absolute atomic E-state index is 0.0765. The van der Waals surface area contributed by atoms with E-state index in [2.05, 4.69) is 15.1 Å². The summed E-state index contributed by atoms with van der Waals surface area (Å²) in [5.41, 5.74) is 1.82. The predicted octanol–water partition coefficient (Wildman–Crippen LogP) is 2.05. The number of hydrogen-bond acceptors (Lipinski definition) is 6. The van der Waals surface area contributed by atoms with Crippen molar-refractivity contribution in [2.45, 2.75) is 26.3 Å². The number of fused-ring (bicyclic) bond motifs is 1. The zero-order chi connectivity index (χ0) is 16.4. The average Bonchev–Trinajstić information content (AvgIpc) is 2.55. The lowest BCUT2D eigenvalue weighted by molar-refractivity contribution is 0.0342. The molecule has 0 spiro atoms. The number of hydrogen-bond donors (Lipinski definition) is 0. The zero-order valence-corrected chi connectivity index (χ0v) is 13.4. The third-order valence-electron chi connectivity index (χ3n) is 4.17. The lowest BCUT2D eigenvalue weighted by Crippen LogP contribution is -2.35. The van der Waals surface area contributed by atoms with Crippen LogP contribution in [0.15, 0.2) is 28.4 Å². The summed E-state index contributed by atoms with van der Waals surface area (Å²) in [6.07, 6.45) is 3.23. The Morgan fingerprint density at radius 2 is 2.09 bits per heavy atom. The van der Waals surface area contributed by atoms with Gasteiger partial charge in [-0.3, -0.25) is 14.1 Å². The van der Waals surface area contributed by atoms with Crippen LogP contribution in [0, 0.1) is 4.91 Å². The normalized spacial score (nSPS) is 16.1. The fourth-order valence-electron chi connectivity index (χ4n) is 2.81. The molecule has 3 rings (SSSR count). The Balaban J connectivity index is 2.05. The van der Waals surface area contributed by atoms with Crippen LogP contribution in [0.5, 0.6) is 0 Å². The van der Waals surface area contributed by atoms with Crippen LogP contribution in [-0.4, -0.2) is 40.6 Å². The monoisotopic (exact) mass is 316 g/mol. The van der Waals surface area contributed by atoms with Gasteiger partial charge in [0.2, 0.25) is 0 Å². The summed E-state index contributed by atoms with van der Waals surface area (Å²) in [6, 6.07) is 1.78. The first kappa shape index (κ1) is 15.8. The molecule has 0 amide bonds. The minimum atomic E-state index is -0.146. The van der Waals surface area contributed by atoms with Gasteiger partial charge in [-0.05, 0) is 17.2 Å². The SMILES string of the molecule is CC(C)c1cnc2c(N=O)c(CN3CCOCC3)ccn2c1=O. The maximum absolute atomic E-state index is 12.5. The molecule has 1 fully saturated rings. The quantitative estimate of drug-likeness (QED) is 0.807. The molecule has 0 aromatic carbocycles. The number of nitroso groups, excluding NO2 is 1. The zero-order valence-electron chi connectivity index (χ0n) is 13.4. The van der Waals surface area contributed by atoms with Crippen molar-refractivity contribution in [2.75, 3.05) is 26.3 Å². The fraction of sp³-hybridized carbons (Fsp3) is 0.500. The van der Waals surface area contributed by atoms with Crippen LogP contribution in [0.4, 0.5) is 5.69 Å². The van der Waals surface area contributed by atoms with Gasteiger partial charge in [0.25, 0.3) is 5.56 Å².